The van der Waals surface area contributed by atoms with Crippen molar-refractivity contribution in [2.75, 3.05) is 0 Å². The van der Waals surface area contributed by atoms with E-state index in [2.05, 4.69) is 11.2 Å². The fourth-order valence-corrected chi connectivity index (χ4v) is 1.54. The molecule has 1 saturated heterocycles. The second-order valence-electron chi connectivity index (χ2n) is 3.67. The highest BCUT2D eigenvalue weighted by molar-refractivity contribution is 5.83. The maximum Gasteiger partial charge on any atom is 0.332 e. The Hall–Kier alpha value is -1.54. The summed E-state index contributed by atoms with van der Waals surface area (Å²) >= 11 is 0. The Balaban J connectivity index is 2.45. The van der Waals surface area contributed by atoms with Crippen molar-refractivity contribution in [1.82, 2.24) is 5.32 Å². The molecule has 0 aromatic carbocycles. The van der Waals surface area contributed by atoms with Gasteiger partial charge in [0.2, 0.25) is 5.91 Å². The maximum atomic E-state index is 11.6. The first-order valence-corrected chi connectivity index (χ1v) is 5.23. The molecule has 1 amide bonds. The Morgan fingerprint density at radius 1 is 1.56 bits per heavy atom. The molecule has 0 aliphatic carbocycles. The third-order valence-corrected chi connectivity index (χ3v) is 2.51. The van der Waals surface area contributed by atoms with Gasteiger partial charge in [0.15, 0.2) is 6.10 Å². The first kappa shape index (κ1) is 12.5. The molecule has 5 nitrogen and oxygen atoms in total. The van der Waals surface area contributed by atoms with Crippen molar-refractivity contribution >= 4 is 11.9 Å². The second-order valence-corrected chi connectivity index (χ2v) is 3.67. The quantitative estimate of drug-likeness (QED) is 0.668. The molecule has 1 aliphatic heterocycles. The van der Waals surface area contributed by atoms with E-state index >= 15 is 0 Å². The van der Waals surface area contributed by atoms with E-state index in [0.717, 1.165) is 0 Å². The van der Waals surface area contributed by atoms with Crippen molar-refractivity contribution in [2.45, 2.75) is 44.4 Å². The number of nitrogens with one attached hydrogen (secondary N) is 1. The molecule has 0 aromatic rings. The van der Waals surface area contributed by atoms with Gasteiger partial charge in [-0.2, -0.15) is 0 Å². The highest BCUT2D eigenvalue weighted by Gasteiger charge is 2.34. The van der Waals surface area contributed by atoms with Crippen LogP contribution in [0.4, 0.5) is 0 Å². The molecule has 0 spiro atoms. The number of ether oxygens (including phenoxy) is 1. The van der Waals surface area contributed by atoms with E-state index in [1.165, 1.54) is 0 Å². The molecular formula is C11H15NO4. The second kappa shape index (κ2) is 5.52. The molecule has 5 heteroatoms. The van der Waals surface area contributed by atoms with E-state index in [1.54, 1.807) is 0 Å². The van der Waals surface area contributed by atoms with Crippen LogP contribution in [-0.2, 0) is 14.3 Å². The van der Waals surface area contributed by atoms with Crippen LogP contribution in [0.3, 0.4) is 0 Å². The van der Waals surface area contributed by atoms with Gasteiger partial charge in [-0.3, -0.25) is 4.79 Å². The van der Waals surface area contributed by atoms with Crippen LogP contribution < -0.4 is 5.32 Å². The van der Waals surface area contributed by atoms with Gasteiger partial charge in [0.05, 0.1) is 6.04 Å². The van der Waals surface area contributed by atoms with Crippen LogP contribution in [0.1, 0.15) is 26.2 Å². The molecule has 0 radical (unpaired) electrons. The first-order chi connectivity index (χ1) is 7.58. The lowest BCUT2D eigenvalue weighted by molar-refractivity contribution is -0.151. The van der Waals surface area contributed by atoms with Gasteiger partial charge in [-0.15, -0.1) is 6.42 Å². The van der Waals surface area contributed by atoms with Crippen LogP contribution in [0.2, 0.25) is 0 Å². The van der Waals surface area contributed by atoms with Crippen molar-refractivity contribution in [2.24, 2.45) is 0 Å². The molecule has 1 aliphatic rings. The van der Waals surface area contributed by atoms with Crippen molar-refractivity contribution in [3.8, 4) is 12.3 Å². The van der Waals surface area contributed by atoms with Gasteiger partial charge in [-0.05, 0) is 19.3 Å². The van der Waals surface area contributed by atoms with Gasteiger partial charge in [0.1, 0.15) is 6.10 Å². The van der Waals surface area contributed by atoms with E-state index in [4.69, 9.17) is 16.3 Å². The zero-order chi connectivity index (χ0) is 12.1. The minimum absolute atomic E-state index is 0.319. The van der Waals surface area contributed by atoms with Gasteiger partial charge in [-0.1, -0.05) is 12.8 Å². The summed E-state index contributed by atoms with van der Waals surface area (Å²) in [6, 6.07) is -0.319. The van der Waals surface area contributed by atoms with Crippen molar-refractivity contribution in [3.63, 3.8) is 0 Å². The lowest BCUT2D eigenvalue weighted by atomic mass is 10.1. The van der Waals surface area contributed by atoms with Crippen LogP contribution in [0.25, 0.3) is 0 Å². The summed E-state index contributed by atoms with van der Waals surface area (Å²) in [6.45, 7) is 1.86. The Bertz CT molecular complexity index is 320. The SMILES string of the molecule is C#CC(CC)NC(=O)C1CCC(C(=O)O)O1. The van der Waals surface area contributed by atoms with E-state index < -0.39 is 18.2 Å². The molecule has 0 bridgehead atoms. The number of carboxylic acids is 1. The molecule has 0 aromatic heterocycles. The number of hydrogen-bond donors (Lipinski definition) is 2. The summed E-state index contributed by atoms with van der Waals surface area (Å²) < 4.78 is 5.09. The monoisotopic (exact) mass is 225 g/mol. The lowest BCUT2D eigenvalue weighted by Crippen LogP contribution is -2.41. The minimum atomic E-state index is -1.03. The van der Waals surface area contributed by atoms with Crippen LogP contribution in [-0.4, -0.2) is 35.2 Å². The summed E-state index contributed by atoms with van der Waals surface area (Å²) in [7, 11) is 0. The van der Waals surface area contributed by atoms with E-state index in [1.807, 2.05) is 6.92 Å². The molecule has 3 atom stereocenters. The zero-order valence-corrected chi connectivity index (χ0v) is 9.10. The number of amides is 1. The smallest absolute Gasteiger partial charge is 0.332 e. The molecule has 1 rings (SSSR count). The number of carbonyl (C=O) groups excluding carboxylic acids is 1. The molecule has 3 unspecified atom stereocenters. The Morgan fingerprint density at radius 2 is 2.19 bits per heavy atom. The highest BCUT2D eigenvalue weighted by atomic mass is 16.5. The maximum absolute atomic E-state index is 11.6. The van der Waals surface area contributed by atoms with Crippen molar-refractivity contribution < 1.29 is 19.4 Å². The van der Waals surface area contributed by atoms with Crippen LogP contribution in [0.5, 0.6) is 0 Å². The summed E-state index contributed by atoms with van der Waals surface area (Å²) in [5.74, 6) is 1.08. The Kier molecular flexibility index (Phi) is 4.32. The number of rotatable bonds is 4. The number of carbonyl (C=O) groups is 2. The molecule has 2 N–H and O–H groups in total. The molecular weight excluding hydrogens is 210 g/mol. The summed E-state index contributed by atoms with van der Waals surface area (Å²) in [5, 5.41) is 11.3. The third-order valence-electron chi connectivity index (χ3n) is 2.51. The summed E-state index contributed by atoms with van der Waals surface area (Å²) in [5.41, 5.74) is 0. The van der Waals surface area contributed by atoms with E-state index in [9.17, 15) is 9.59 Å². The molecule has 0 saturated carbocycles. The van der Waals surface area contributed by atoms with Crippen LogP contribution in [0.15, 0.2) is 0 Å². The van der Waals surface area contributed by atoms with Crippen LogP contribution >= 0.6 is 0 Å². The predicted molar refractivity (Wildman–Crippen MR) is 56.6 cm³/mol. The molecule has 1 heterocycles. The first-order valence-electron chi connectivity index (χ1n) is 5.23. The largest absolute Gasteiger partial charge is 0.479 e. The molecule has 88 valence electrons. The average Bonchev–Trinajstić information content (AvgIpc) is 2.74. The summed E-state index contributed by atoms with van der Waals surface area (Å²) in [4.78, 5) is 22.2. The Labute approximate surface area is 94.2 Å². The van der Waals surface area contributed by atoms with E-state index in [0.29, 0.717) is 19.3 Å². The standard InChI is InChI=1S/C11H15NO4/c1-3-7(4-2)12-10(13)8-5-6-9(16-8)11(14)15/h1,7-9H,4-6H2,2H3,(H,12,13)(H,14,15). The number of hydrogen-bond acceptors (Lipinski definition) is 3. The van der Waals surface area contributed by atoms with Crippen molar-refractivity contribution in [1.29, 1.82) is 0 Å². The van der Waals surface area contributed by atoms with Gasteiger partial charge >= 0.3 is 5.97 Å². The van der Waals surface area contributed by atoms with Crippen LogP contribution in [0, 0.1) is 12.3 Å². The normalized spacial score (nSPS) is 25.8. The predicted octanol–water partition coefficient (Wildman–Crippen LogP) is 0.147. The number of carboxylic acid groups (broad SMARTS) is 1. The highest BCUT2D eigenvalue weighted by Crippen LogP contribution is 2.20. The average molecular weight is 225 g/mol. The number of terminal acetylenes is 1. The van der Waals surface area contributed by atoms with Crippen molar-refractivity contribution in [3.05, 3.63) is 0 Å². The fourth-order valence-electron chi connectivity index (χ4n) is 1.54. The summed E-state index contributed by atoms with van der Waals surface area (Å²) in [6.07, 6.45) is 5.06. The van der Waals surface area contributed by atoms with Gasteiger partial charge < -0.3 is 15.2 Å². The topological polar surface area (TPSA) is 75.6 Å². The minimum Gasteiger partial charge on any atom is -0.479 e. The van der Waals surface area contributed by atoms with E-state index in [-0.39, 0.29) is 11.9 Å². The van der Waals surface area contributed by atoms with Gasteiger partial charge in [0.25, 0.3) is 0 Å². The van der Waals surface area contributed by atoms with Gasteiger partial charge in [0, 0.05) is 0 Å². The molecule has 16 heavy (non-hydrogen) atoms. The number of aliphatic carboxylic acids is 1. The zero-order valence-electron chi connectivity index (χ0n) is 9.10. The third kappa shape index (κ3) is 2.97. The fraction of sp³-hybridized carbons (Fsp3) is 0.636. The lowest BCUT2D eigenvalue weighted by Gasteiger charge is -2.15. The Morgan fingerprint density at radius 3 is 2.62 bits per heavy atom. The van der Waals surface area contributed by atoms with Gasteiger partial charge in [-0.25, -0.2) is 4.79 Å². The molecule has 1 fully saturated rings.